The number of hydrogen-bond donors (Lipinski definition) is 2. The molecule has 1 aromatic rings. The van der Waals surface area contributed by atoms with E-state index in [1.54, 1.807) is 4.90 Å². The number of rotatable bonds is 2. The molecule has 19 heavy (non-hydrogen) atoms. The van der Waals surface area contributed by atoms with E-state index in [9.17, 15) is 9.90 Å². The Morgan fingerprint density at radius 2 is 2.00 bits per heavy atom. The van der Waals surface area contributed by atoms with Crippen molar-refractivity contribution < 1.29 is 9.90 Å². The Balaban J connectivity index is 1.66. The topological polar surface area (TPSA) is 78.4 Å². The lowest BCUT2D eigenvalue weighted by molar-refractivity contribution is 0.0993. The van der Waals surface area contributed by atoms with Crippen molar-refractivity contribution >= 4 is 34.5 Å². The summed E-state index contributed by atoms with van der Waals surface area (Å²) in [6.07, 6.45) is 2.90. The highest BCUT2D eigenvalue weighted by Crippen LogP contribution is 2.36. The maximum Gasteiger partial charge on any atom is 0.407 e. The van der Waals surface area contributed by atoms with Gasteiger partial charge in [0.15, 0.2) is 0 Å². The highest BCUT2D eigenvalue weighted by Gasteiger charge is 2.43. The van der Waals surface area contributed by atoms with E-state index in [4.69, 9.17) is 0 Å². The first-order chi connectivity index (χ1) is 9.13. The quantitative estimate of drug-likeness (QED) is 0.776. The summed E-state index contributed by atoms with van der Waals surface area (Å²) >= 11 is 2.12. The van der Waals surface area contributed by atoms with E-state index in [1.807, 2.05) is 12.1 Å². The molecule has 0 spiro atoms. The highest BCUT2D eigenvalue weighted by molar-refractivity contribution is 14.1. The Bertz CT molecular complexity index is 467. The summed E-state index contributed by atoms with van der Waals surface area (Å²) in [7, 11) is 0. The molecule has 2 bridgehead atoms. The monoisotopic (exact) mass is 374 g/mol. The van der Waals surface area contributed by atoms with Gasteiger partial charge in [-0.15, -0.1) is 10.2 Å². The highest BCUT2D eigenvalue weighted by atomic mass is 127. The van der Waals surface area contributed by atoms with Crippen LogP contribution in [0.5, 0.6) is 0 Å². The molecule has 1 aromatic heterocycles. The number of halogens is 1. The van der Waals surface area contributed by atoms with Crippen LogP contribution in [0, 0.1) is 3.70 Å². The second-order valence-electron chi connectivity index (χ2n) is 5.13. The third-order valence-electron chi connectivity index (χ3n) is 3.94. The SMILES string of the molecule is O=C(O)N1[C@@H]2CC[C@H]1CC(Nc1ccc(I)nn1)C2. The van der Waals surface area contributed by atoms with Crippen LogP contribution < -0.4 is 5.32 Å². The first kappa shape index (κ1) is 12.9. The summed E-state index contributed by atoms with van der Waals surface area (Å²) in [5.74, 6) is 0.772. The lowest BCUT2D eigenvalue weighted by atomic mass is 9.98. The van der Waals surface area contributed by atoms with Crippen LogP contribution in [0.3, 0.4) is 0 Å². The molecule has 2 N–H and O–H groups in total. The summed E-state index contributed by atoms with van der Waals surface area (Å²) in [5, 5.41) is 20.7. The number of carboxylic acid groups (broad SMARTS) is 1. The lowest BCUT2D eigenvalue weighted by Crippen LogP contribution is -2.49. The minimum atomic E-state index is -0.778. The Morgan fingerprint density at radius 1 is 1.32 bits per heavy atom. The van der Waals surface area contributed by atoms with Crippen LogP contribution in [0.1, 0.15) is 25.7 Å². The van der Waals surface area contributed by atoms with Gasteiger partial charge in [-0.2, -0.15) is 0 Å². The van der Waals surface area contributed by atoms with E-state index in [2.05, 4.69) is 38.1 Å². The number of amides is 1. The van der Waals surface area contributed by atoms with Crippen molar-refractivity contribution in [3.8, 4) is 0 Å². The minimum Gasteiger partial charge on any atom is -0.465 e. The van der Waals surface area contributed by atoms with Crippen LogP contribution >= 0.6 is 22.6 Å². The molecule has 6 nitrogen and oxygen atoms in total. The Hall–Kier alpha value is -1.12. The van der Waals surface area contributed by atoms with Gasteiger partial charge in [-0.05, 0) is 60.4 Å². The van der Waals surface area contributed by atoms with Crippen LogP contribution in [-0.2, 0) is 0 Å². The smallest absolute Gasteiger partial charge is 0.407 e. The molecule has 0 aromatic carbocycles. The number of hydrogen-bond acceptors (Lipinski definition) is 4. The number of fused-ring (bicyclic) bond motifs is 2. The second kappa shape index (κ2) is 5.10. The number of nitrogens with one attached hydrogen (secondary N) is 1. The predicted molar refractivity (Wildman–Crippen MR) is 78.1 cm³/mol. The van der Waals surface area contributed by atoms with Gasteiger partial charge in [0.05, 0.1) is 0 Å². The van der Waals surface area contributed by atoms with Crippen molar-refractivity contribution in [3.63, 3.8) is 0 Å². The molecule has 3 rings (SSSR count). The lowest BCUT2D eigenvalue weighted by Gasteiger charge is -2.37. The van der Waals surface area contributed by atoms with Crippen LogP contribution in [0.25, 0.3) is 0 Å². The fraction of sp³-hybridized carbons (Fsp3) is 0.583. The van der Waals surface area contributed by atoms with Gasteiger partial charge >= 0.3 is 6.09 Å². The zero-order valence-electron chi connectivity index (χ0n) is 10.3. The average molecular weight is 374 g/mol. The molecule has 3 heterocycles. The van der Waals surface area contributed by atoms with Crippen molar-refractivity contribution in [2.24, 2.45) is 0 Å². The molecular formula is C12H15IN4O2. The summed E-state index contributed by atoms with van der Waals surface area (Å²) in [6.45, 7) is 0. The van der Waals surface area contributed by atoms with E-state index in [0.29, 0.717) is 6.04 Å². The summed E-state index contributed by atoms with van der Waals surface area (Å²) < 4.78 is 0.865. The molecule has 1 unspecified atom stereocenters. The van der Waals surface area contributed by atoms with E-state index in [0.717, 1.165) is 35.2 Å². The van der Waals surface area contributed by atoms with Gasteiger partial charge in [0, 0.05) is 18.1 Å². The van der Waals surface area contributed by atoms with Gasteiger partial charge < -0.3 is 15.3 Å². The molecule has 1 amide bonds. The zero-order valence-corrected chi connectivity index (χ0v) is 12.4. The van der Waals surface area contributed by atoms with E-state index in [1.165, 1.54) is 0 Å². The van der Waals surface area contributed by atoms with Crippen molar-refractivity contribution in [2.75, 3.05) is 5.32 Å². The van der Waals surface area contributed by atoms with Crippen molar-refractivity contribution in [1.29, 1.82) is 0 Å². The third-order valence-corrected chi connectivity index (χ3v) is 4.51. The first-order valence-electron chi connectivity index (χ1n) is 6.40. The molecule has 2 saturated heterocycles. The molecule has 7 heteroatoms. The van der Waals surface area contributed by atoms with Crippen molar-refractivity contribution in [2.45, 2.75) is 43.8 Å². The number of anilines is 1. The molecular weight excluding hydrogens is 359 g/mol. The molecule has 3 atom stereocenters. The Morgan fingerprint density at radius 3 is 2.53 bits per heavy atom. The van der Waals surface area contributed by atoms with E-state index in [-0.39, 0.29) is 12.1 Å². The van der Waals surface area contributed by atoms with Crippen LogP contribution in [0.2, 0.25) is 0 Å². The molecule has 0 saturated carbocycles. The van der Waals surface area contributed by atoms with Crippen molar-refractivity contribution in [1.82, 2.24) is 15.1 Å². The fourth-order valence-corrected chi connectivity index (χ4v) is 3.50. The zero-order chi connectivity index (χ0) is 13.4. The van der Waals surface area contributed by atoms with Crippen LogP contribution in [0.15, 0.2) is 12.1 Å². The minimum absolute atomic E-state index is 0.158. The van der Waals surface area contributed by atoms with Gasteiger partial charge in [0.1, 0.15) is 9.52 Å². The second-order valence-corrected chi connectivity index (χ2v) is 6.23. The molecule has 0 aliphatic carbocycles. The molecule has 2 aliphatic heterocycles. The maximum atomic E-state index is 11.2. The molecule has 2 fully saturated rings. The Labute approximate surface area is 124 Å². The predicted octanol–water partition coefficient (Wildman–Crippen LogP) is 2.17. The van der Waals surface area contributed by atoms with Gasteiger partial charge in [0.25, 0.3) is 0 Å². The van der Waals surface area contributed by atoms with Crippen molar-refractivity contribution in [3.05, 3.63) is 15.8 Å². The summed E-state index contributed by atoms with van der Waals surface area (Å²) in [6, 6.07) is 4.44. The van der Waals surface area contributed by atoms with E-state index < -0.39 is 6.09 Å². The molecule has 2 aliphatic rings. The maximum absolute atomic E-state index is 11.2. The average Bonchev–Trinajstić information content (AvgIpc) is 2.65. The van der Waals surface area contributed by atoms with Crippen LogP contribution in [0.4, 0.5) is 10.6 Å². The number of carbonyl (C=O) groups is 1. The van der Waals surface area contributed by atoms with Gasteiger partial charge in [0.2, 0.25) is 0 Å². The molecule has 102 valence electrons. The fourth-order valence-electron chi connectivity index (χ4n) is 3.21. The number of piperidine rings is 1. The first-order valence-corrected chi connectivity index (χ1v) is 7.48. The summed E-state index contributed by atoms with van der Waals surface area (Å²) in [4.78, 5) is 12.8. The number of nitrogens with zero attached hydrogens (tertiary/aromatic N) is 3. The van der Waals surface area contributed by atoms with Crippen LogP contribution in [-0.4, -0.2) is 44.4 Å². The van der Waals surface area contributed by atoms with Gasteiger partial charge in [-0.25, -0.2) is 4.79 Å². The number of aromatic nitrogens is 2. The molecule has 0 radical (unpaired) electrons. The normalized spacial score (nSPS) is 29.3. The van der Waals surface area contributed by atoms with Gasteiger partial charge in [-0.3, -0.25) is 0 Å². The van der Waals surface area contributed by atoms with Gasteiger partial charge in [-0.1, -0.05) is 0 Å². The largest absolute Gasteiger partial charge is 0.465 e. The summed E-state index contributed by atoms with van der Waals surface area (Å²) in [5.41, 5.74) is 0. The Kier molecular flexibility index (Phi) is 3.46. The van der Waals surface area contributed by atoms with E-state index >= 15 is 0 Å². The standard InChI is InChI=1S/C12H15IN4O2/c13-10-3-4-11(16-15-10)14-7-5-8-1-2-9(6-7)17(8)12(18)19/h3-4,7-9H,1-2,5-6H2,(H,14,16)(H,18,19)/t7?,8-,9+. The third kappa shape index (κ3) is 2.60.